The first-order chi connectivity index (χ1) is 9.69. The zero-order valence-electron chi connectivity index (χ0n) is 12.1. The van der Waals surface area contributed by atoms with Crippen LogP contribution in [0.4, 0.5) is 5.82 Å². The van der Waals surface area contributed by atoms with Gasteiger partial charge in [0.25, 0.3) is 0 Å². The van der Waals surface area contributed by atoms with Crippen LogP contribution in [0, 0.1) is 5.92 Å². The number of hydrogen-bond donors (Lipinski definition) is 1. The monoisotopic (exact) mass is 338 g/mol. The van der Waals surface area contributed by atoms with Gasteiger partial charge in [0.1, 0.15) is 5.82 Å². The van der Waals surface area contributed by atoms with Gasteiger partial charge < -0.3 is 15.5 Å². The molecule has 2 fully saturated rings. The Morgan fingerprint density at radius 1 is 1.40 bits per heavy atom. The molecule has 0 aliphatic carbocycles. The number of hydrogen-bond acceptors (Lipinski definition) is 4. The van der Waals surface area contributed by atoms with E-state index in [2.05, 4.69) is 43.8 Å². The molecular weight excluding hydrogens is 316 g/mol. The summed E-state index contributed by atoms with van der Waals surface area (Å²) in [7, 11) is 2.27. The third-order valence-corrected chi connectivity index (χ3v) is 5.21. The topological polar surface area (TPSA) is 45.4 Å². The van der Waals surface area contributed by atoms with E-state index in [0.29, 0.717) is 6.54 Å². The molecule has 3 heterocycles. The van der Waals surface area contributed by atoms with E-state index in [-0.39, 0.29) is 0 Å². The molecule has 4 nitrogen and oxygen atoms in total. The van der Waals surface area contributed by atoms with Gasteiger partial charge in [-0.3, -0.25) is 0 Å². The highest BCUT2D eigenvalue weighted by molar-refractivity contribution is 9.10. The molecule has 0 radical (unpaired) electrons. The number of anilines is 1. The minimum absolute atomic E-state index is 0.548. The lowest BCUT2D eigenvalue weighted by Gasteiger charge is -2.46. The SMILES string of the molecule is CN1CCCC2CN(c3ncc(Br)cc3CN)CCC21. The fourth-order valence-electron chi connectivity index (χ4n) is 3.75. The number of nitrogens with zero attached hydrogens (tertiary/aromatic N) is 3. The average Bonchev–Trinajstić information content (AvgIpc) is 2.47. The summed E-state index contributed by atoms with van der Waals surface area (Å²) in [4.78, 5) is 9.60. The van der Waals surface area contributed by atoms with Gasteiger partial charge in [0.2, 0.25) is 0 Å². The zero-order chi connectivity index (χ0) is 14.1. The molecule has 2 N–H and O–H groups in total. The molecule has 2 saturated heterocycles. The van der Waals surface area contributed by atoms with Crippen LogP contribution in [0.25, 0.3) is 0 Å². The Bertz CT molecular complexity index is 479. The lowest BCUT2D eigenvalue weighted by Crippen LogP contribution is -2.53. The summed E-state index contributed by atoms with van der Waals surface area (Å²) >= 11 is 3.48. The van der Waals surface area contributed by atoms with Crippen LogP contribution < -0.4 is 10.6 Å². The van der Waals surface area contributed by atoms with Gasteiger partial charge >= 0.3 is 0 Å². The normalized spacial score (nSPS) is 27.4. The summed E-state index contributed by atoms with van der Waals surface area (Å²) in [5.41, 5.74) is 7.03. The lowest BCUT2D eigenvalue weighted by molar-refractivity contribution is 0.102. The van der Waals surface area contributed by atoms with Crippen LogP contribution in [0.15, 0.2) is 16.7 Å². The van der Waals surface area contributed by atoms with Crippen molar-refractivity contribution in [3.05, 3.63) is 22.3 Å². The maximum Gasteiger partial charge on any atom is 0.133 e. The standard InChI is InChI=1S/C15H23BrN4/c1-19-5-2-3-11-10-20(6-4-14(11)19)15-12(8-17)7-13(16)9-18-15/h7,9,11,14H,2-6,8,10,17H2,1H3. The summed E-state index contributed by atoms with van der Waals surface area (Å²) in [6.07, 6.45) is 5.79. The molecule has 0 amide bonds. The Kier molecular flexibility index (Phi) is 4.29. The quantitative estimate of drug-likeness (QED) is 0.898. The molecule has 2 atom stereocenters. The molecule has 3 rings (SSSR count). The maximum absolute atomic E-state index is 5.88. The van der Waals surface area contributed by atoms with Crippen molar-refractivity contribution in [2.75, 3.05) is 31.6 Å². The van der Waals surface area contributed by atoms with Crippen LogP contribution in [0.5, 0.6) is 0 Å². The molecule has 0 spiro atoms. The van der Waals surface area contributed by atoms with Crippen molar-refractivity contribution in [1.82, 2.24) is 9.88 Å². The number of nitrogens with two attached hydrogens (primary N) is 1. The number of halogens is 1. The summed E-state index contributed by atoms with van der Waals surface area (Å²) in [5.74, 6) is 1.86. The summed E-state index contributed by atoms with van der Waals surface area (Å²) < 4.78 is 1.01. The predicted molar refractivity (Wildman–Crippen MR) is 85.8 cm³/mol. The second kappa shape index (κ2) is 6.00. The van der Waals surface area contributed by atoms with Gasteiger partial charge in [-0.15, -0.1) is 0 Å². The molecule has 5 heteroatoms. The molecule has 1 aromatic rings. The van der Waals surface area contributed by atoms with Gasteiger partial charge in [-0.25, -0.2) is 4.98 Å². The van der Waals surface area contributed by atoms with Crippen molar-refractivity contribution in [3.8, 4) is 0 Å². The summed E-state index contributed by atoms with van der Waals surface area (Å²) in [6, 6.07) is 2.86. The largest absolute Gasteiger partial charge is 0.356 e. The lowest BCUT2D eigenvalue weighted by atomic mass is 9.84. The zero-order valence-corrected chi connectivity index (χ0v) is 13.6. The van der Waals surface area contributed by atoms with Gasteiger partial charge in [-0.2, -0.15) is 0 Å². The first-order valence-corrected chi connectivity index (χ1v) is 8.28. The predicted octanol–water partition coefficient (Wildman–Crippen LogP) is 2.22. The highest BCUT2D eigenvalue weighted by Gasteiger charge is 2.34. The Balaban J connectivity index is 1.79. The van der Waals surface area contributed by atoms with Gasteiger partial charge in [0, 0.05) is 41.9 Å². The van der Waals surface area contributed by atoms with Crippen LogP contribution in [-0.2, 0) is 6.54 Å². The Labute approximate surface area is 129 Å². The van der Waals surface area contributed by atoms with Crippen molar-refractivity contribution in [3.63, 3.8) is 0 Å². The second-order valence-corrected chi connectivity index (χ2v) is 6.94. The molecule has 2 aliphatic rings. The van der Waals surface area contributed by atoms with Crippen LogP contribution in [0.1, 0.15) is 24.8 Å². The van der Waals surface area contributed by atoms with Crippen LogP contribution >= 0.6 is 15.9 Å². The van der Waals surface area contributed by atoms with Crippen molar-refractivity contribution in [1.29, 1.82) is 0 Å². The molecule has 20 heavy (non-hydrogen) atoms. The molecule has 110 valence electrons. The number of likely N-dealkylation sites (tertiary alicyclic amines) is 1. The number of fused-ring (bicyclic) bond motifs is 1. The summed E-state index contributed by atoms with van der Waals surface area (Å²) in [5, 5.41) is 0. The van der Waals surface area contributed by atoms with Crippen LogP contribution in [0.2, 0.25) is 0 Å². The number of piperidine rings is 2. The first-order valence-electron chi connectivity index (χ1n) is 7.48. The molecule has 0 saturated carbocycles. The van der Waals surface area contributed by atoms with Gasteiger partial charge in [-0.05, 0) is 60.8 Å². The van der Waals surface area contributed by atoms with E-state index in [1.54, 1.807) is 0 Å². The van der Waals surface area contributed by atoms with E-state index in [4.69, 9.17) is 5.73 Å². The van der Waals surface area contributed by atoms with E-state index < -0.39 is 0 Å². The smallest absolute Gasteiger partial charge is 0.133 e. The van der Waals surface area contributed by atoms with Crippen molar-refractivity contribution in [2.24, 2.45) is 11.7 Å². The second-order valence-electron chi connectivity index (χ2n) is 6.03. The third kappa shape index (κ3) is 2.71. The minimum atomic E-state index is 0.548. The number of rotatable bonds is 2. The van der Waals surface area contributed by atoms with Crippen LogP contribution in [0.3, 0.4) is 0 Å². The molecular formula is C15H23BrN4. The van der Waals surface area contributed by atoms with Gasteiger partial charge in [0.15, 0.2) is 0 Å². The molecule has 2 aliphatic heterocycles. The molecule has 2 unspecified atom stereocenters. The van der Waals surface area contributed by atoms with E-state index in [9.17, 15) is 0 Å². The minimum Gasteiger partial charge on any atom is -0.356 e. The van der Waals surface area contributed by atoms with E-state index in [1.807, 2.05) is 6.20 Å². The summed E-state index contributed by atoms with van der Waals surface area (Å²) in [6.45, 7) is 4.02. The third-order valence-electron chi connectivity index (χ3n) is 4.77. The van der Waals surface area contributed by atoms with E-state index in [1.165, 1.54) is 25.8 Å². The fraction of sp³-hybridized carbons (Fsp3) is 0.667. The van der Waals surface area contributed by atoms with Gasteiger partial charge in [-0.1, -0.05) is 0 Å². The highest BCUT2D eigenvalue weighted by atomic mass is 79.9. The molecule has 0 bridgehead atoms. The fourth-order valence-corrected chi connectivity index (χ4v) is 4.13. The first kappa shape index (κ1) is 14.3. The Morgan fingerprint density at radius 3 is 3.05 bits per heavy atom. The molecule has 0 aromatic carbocycles. The maximum atomic E-state index is 5.88. The Morgan fingerprint density at radius 2 is 2.25 bits per heavy atom. The van der Waals surface area contributed by atoms with E-state index in [0.717, 1.165) is 40.9 Å². The average molecular weight is 339 g/mol. The highest BCUT2D eigenvalue weighted by Crippen LogP contribution is 2.32. The Hall–Kier alpha value is -0.650. The number of pyridine rings is 1. The van der Waals surface area contributed by atoms with Crippen molar-refractivity contribution in [2.45, 2.75) is 31.8 Å². The van der Waals surface area contributed by atoms with Crippen molar-refractivity contribution < 1.29 is 0 Å². The molecule has 1 aromatic heterocycles. The van der Waals surface area contributed by atoms with E-state index >= 15 is 0 Å². The van der Waals surface area contributed by atoms with Crippen LogP contribution in [-0.4, -0.2) is 42.6 Å². The van der Waals surface area contributed by atoms with Crippen molar-refractivity contribution >= 4 is 21.7 Å². The van der Waals surface area contributed by atoms with Gasteiger partial charge in [0.05, 0.1) is 0 Å². The number of aromatic nitrogens is 1.